The number of carbonyl (C=O) groups excluding carboxylic acids is 1. The Morgan fingerprint density at radius 2 is 1.76 bits per heavy atom. The Kier molecular flexibility index (Phi) is 2.54. The number of phenols is 2. The molecule has 0 radical (unpaired) electrons. The molecule has 2 aromatic carbocycles. The highest BCUT2D eigenvalue weighted by molar-refractivity contribution is 6.06. The average Bonchev–Trinajstić information content (AvgIpc) is 2.13. The third-order valence-electron chi connectivity index (χ3n) is 2.88. The molecule has 3 nitrogen and oxygen atoms in total. The SMILES string of the molecule is CC(=O)c1c(C)cc2cc(C)cc(O)c2c1O. The highest BCUT2D eigenvalue weighted by Gasteiger charge is 2.16. The highest BCUT2D eigenvalue weighted by atomic mass is 16.3. The number of rotatable bonds is 1. The molecule has 0 aromatic heterocycles. The van der Waals surface area contributed by atoms with Crippen LogP contribution in [0.5, 0.6) is 11.5 Å². The van der Waals surface area contributed by atoms with E-state index in [1.807, 2.05) is 13.0 Å². The van der Waals surface area contributed by atoms with Crippen molar-refractivity contribution >= 4 is 16.6 Å². The van der Waals surface area contributed by atoms with E-state index in [-0.39, 0.29) is 22.8 Å². The molecule has 0 aliphatic carbocycles. The molecule has 2 rings (SSSR count). The van der Waals surface area contributed by atoms with Gasteiger partial charge in [0.25, 0.3) is 0 Å². The van der Waals surface area contributed by atoms with Crippen molar-refractivity contribution in [3.63, 3.8) is 0 Å². The fraction of sp³-hybridized carbons (Fsp3) is 0.214. The second kappa shape index (κ2) is 3.77. The zero-order valence-electron chi connectivity index (χ0n) is 10.0. The van der Waals surface area contributed by atoms with Gasteiger partial charge < -0.3 is 10.2 Å². The largest absolute Gasteiger partial charge is 0.507 e. The summed E-state index contributed by atoms with van der Waals surface area (Å²) in [5.74, 6) is -0.341. The van der Waals surface area contributed by atoms with Gasteiger partial charge in [-0.1, -0.05) is 12.1 Å². The van der Waals surface area contributed by atoms with Crippen molar-refractivity contribution in [2.24, 2.45) is 0 Å². The first kappa shape index (κ1) is 11.5. The van der Waals surface area contributed by atoms with Crippen LogP contribution in [0.25, 0.3) is 10.8 Å². The molecule has 0 fully saturated rings. The van der Waals surface area contributed by atoms with E-state index in [9.17, 15) is 15.0 Å². The summed E-state index contributed by atoms with van der Waals surface area (Å²) in [7, 11) is 0. The van der Waals surface area contributed by atoms with E-state index in [1.54, 1.807) is 19.1 Å². The molecule has 3 heteroatoms. The predicted molar refractivity (Wildman–Crippen MR) is 66.8 cm³/mol. The van der Waals surface area contributed by atoms with Crippen LogP contribution in [-0.4, -0.2) is 16.0 Å². The van der Waals surface area contributed by atoms with E-state index in [0.29, 0.717) is 10.9 Å². The number of aryl methyl sites for hydroxylation is 2. The van der Waals surface area contributed by atoms with Crippen molar-refractivity contribution in [1.82, 2.24) is 0 Å². The van der Waals surface area contributed by atoms with Gasteiger partial charge in [0, 0.05) is 0 Å². The molecule has 0 heterocycles. The Hall–Kier alpha value is -2.03. The minimum Gasteiger partial charge on any atom is -0.507 e. The van der Waals surface area contributed by atoms with Crippen molar-refractivity contribution < 1.29 is 15.0 Å². The summed E-state index contributed by atoms with van der Waals surface area (Å²) in [6.07, 6.45) is 0. The average molecular weight is 230 g/mol. The van der Waals surface area contributed by atoms with E-state index in [4.69, 9.17) is 0 Å². The van der Waals surface area contributed by atoms with E-state index < -0.39 is 0 Å². The second-order valence-electron chi connectivity index (χ2n) is 4.36. The zero-order chi connectivity index (χ0) is 12.7. The minimum absolute atomic E-state index is 0.000000000000000444. The van der Waals surface area contributed by atoms with Gasteiger partial charge in [0.05, 0.1) is 10.9 Å². The number of aromatic hydroxyl groups is 2. The normalized spacial score (nSPS) is 10.8. The maximum atomic E-state index is 11.5. The molecule has 0 bridgehead atoms. The number of fused-ring (bicyclic) bond motifs is 1. The predicted octanol–water partition coefficient (Wildman–Crippen LogP) is 3.07. The number of benzene rings is 2. The maximum absolute atomic E-state index is 11.5. The third-order valence-corrected chi connectivity index (χ3v) is 2.88. The van der Waals surface area contributed by atoms with Crippen LogP contribution in [0.4, 0.5) is 0 Å². The summed E-state index contributed by atoms with van der Waals surface area (Å²) >= 11 is 0. The molecule has 0 aliphatic rings. The molecule has 88 valence electrons. The van der Waals surface area contributed by atoms with Crippen molar-refractivity contribution in [3.05, 3.63) is 34.9 Å². The topological polar surface area (TPSA) is 57.5 Å². The summed E-state index contributed by atoms with van der Waals surface area (Å²) in [6, 6.07) is 5.24. The molecule has 0 saturated heterocycles. The van der Waals surface area contributed by atoms with Gasteiger partial charge in [0.2, 0.25) is 0 Å². The van der Waals surface area contributed by atoms with E-state index >= 15 is 0 Å². The Morgan fingerprint density at radius 3 is 2.35 bits per heavy atom. The Morgan fingerprint density at radius 1 is 1.12 bits per heavy atom. The molecule has 0 spiro atoms. The van der Waals surface area contributed by atoms with Gasteiger partial charge in [0.15, 0.2) is 5.78 Å². The van der Waals surface area contributed by atoms with Crippen LogP contribution in [0, 0.1) is 13.8 Å². The minimum atomic E-state index is -0.207. The van der Waals surface area contributed by atoms with E-state index in [0.717, 1.165) is 10.9 Å². The number of ketones is 1. The van der Waals surface area contributed by atoms with Crippen molar-refractivity contribution in [1.29, 1.82) is 0 Å². The molecule has 2 aromatic rings. The molecule has 2 N–H and O–H groups in total. The van der Waals surface area contributed by atoms with Gasteiger partial charge >= 0.3 is 0 Å². The fourth-order valence-corrected chi connectivity index (χ4v) is 2.23. The number of phenolic OH excluding ortho intramolecular Hbond substituents is 2. The summed E-state index contributed by atoms with van der Waals surface area (Å²) in [4.78, 5) is 11.5. The number of hydrogen-bond donors (Lipinski definition) is 2. The van der Waals surface area contributed by atoms with Crippen molar-refractivity contribution in [2.45, 2.75) is 20.8 Å². The number of hydrogen-bond acceptors (Lipinski definition) is 3. The van der Waals surface area contributed by atoms with E-state index in [2.05, 4.69) is 0 Å². The van der Waals surface area contributed by atoms with E-state index in [1.165, 1.54) is 6.92 Å². The first-order valence-electron chi connectivity index (χ1n) is 5.38. The van der Waals surface area contributed by atoms with Gasteiger partial charge in [-0.05, 0) is 43.4 Å². The van der Waals surface area contributed by atoms with Crippen LogP contribution < -0.4 is 0 Å². The third kappa shape index (κ3) is 1.73. The monoisotopic (exact) mass is 230 g/mol. The number of carbonyl (C=O) groups is 1. The lowest BCUT2D eigenvalue weighted by molar-refractivity contribution is 0.101. The van der Waals surface area contributed by atoms with Crippen LogP contribution >= 0.6 is 0 Å². The Labute approximate surface area is 99.3 Å². The lowest BCUT2D eigenvalue weighted by Crippen LogP contribution is -1.97. The summed E-state index contributed by atoms with van der Waals surface area (Å²) in [6.45, 7) is 5.04. The lowest BCUT2D eigenvalue weighted by atomic mass is 9.96. The molecular weight excluding hydrogens is 216 g/mol. The van der Waals surface area contributed by atoms with Gasteiger partial charge in [-0.2, -0.15) is 0 Å². The molecule has 17 heavy (non-hydrogen) atoms. The fourth-order valence-electron chi connectivity index (χ4n) is 2.23. The van der Waals surface area contributed by atoms with Gasteiger partial charge in [-0.25, -0.2) is 0 Å². The van der Waals surface area contributed by atoms with Crippen LogP contribution in [0.2, 0.25) is 0 Å². The molecule has 0 saturated carbocycles. The van der Waals surface area contributed by atoms with Crippen LogP contribution in [0.15, 0.2) is 18.2 Å². The highest BCUT2D eigenvalue weighted by Crippen LogP contribution is 2.38. The van der Waals surface area contributed by atoms with Gasteiger partial charge in [0.1, 0.15) is 11.5 Å². The van der Waals surface area contributed by atoms with Crippen LogP contribution in [0.3, 0.4) is 0 Å². The quantitative estimate of drug-likeness (QED) is 0.740. The maximum Gasteiger partial charge on any atom is 0.163 e. The Bertz CT molecular complexity index is 627. The lowest BCUT2D eigenvalue weighted by Gasteiger charge is -2.11. The molecule has 0 aliphatic heterocycles. The van der Waals surface area contributed by atoms with Crippen molar-refractivity contribution in [3.8, 4) is 11.5 Å². The smallest absolute Gasteiger partial charge is 0.163 e. The Balaban J connectivity index is 2.97. The zero-order valence-corrected chi connectivity index (χ0v) is 10.0. The standard InChI is InChI=1S/C14H14O3/c1-7-4-10-6-8(2)12(9(3)15)14(17)13(10)11(16)5-7/h4-6,16-17H,1-3H3. The number of Topliss-reactive ketones (excluding diaryl/α,β-unsaturated/α-hetero) is 1. The molecule has 0 amide bonds. The first-order chi connectivity index (χ1) is 7.91. The molecule has 0 atom stereocenters. The first-order valence-corrected chi connectivity index (χ1v) is 5.38. The second-order valence-corrected chi connectivity index (χ2v) is 4.36. The molecular formula is C14H14O3. The van der Waals surface area contributed by atoms with Gasteiger partial charge in [-0.15, -0.1) is 0 Å². The summed E-state index contributed by atoms with van der Waals surface area (Å²) in [5, 5.41) is 21.0. The molecule has 0 unspecified atom stereocenters. The summed E-state index contributed by atoms with van der Waals surface area (Å²) < 4.78 is 0. The van der Waals surface area contributed by atoms with Crippen LogP contribution in [0.1, 0.15) is 28.4 Å². The van der Waals surface area contributed by atoms with Crippen molar-refractivity contribution in [2.75, 3.05) is 0 Å². The van der Waals surface area contributed by atoms with Crippen LogP contribution in [-0.2, 0) is 0 Å². The van der Waals surface area contributed by atoms with Gasteiger partial charge in [-0.3, -0.25) is 4.79 Å². The summed E-state index contributed by atoms with van der Waals surface area (Å²) in [5.41, 5.74) is 1.90.